The fourth-order valence-electron chi connectivity index (χ4n) is 1.85. The van der Waals surface area contributed by atoms with Crippen molar-refractivity contribution in [3.05, 3.63) is 28.3 Å². The van der Waals surface area contributed by atoms with Crippen LogP contribution < -0.4 is 10.1 Å². The van der Waals surface area contributed by atoms with Crippen molar-refractivity contribution in [3.63, 3.8) is 0 Å². The minimum atomic E-state index is -0.0399. The second-order valence-electron chi connectivity index (χ2n) is 4.16. The number of aliphatic imine (C=N–C) groups is 1. The number of benzene rings is 1. The predicted molar refractivity (Wildman–Crippen MR) is 72.0 cm³/mol. The zero-order valence-corrected chi connectivity index (χ0v) is 11.2. The molecule has 1 aromatic rings. The molecule has 0 saturated carbocycles. The lowest BCUT2D eigenvalue weighted by Gasteiger charge is -2.10. The van der Waals surface area contributed by atoms with Crippen LogP contribution in [0.25, 0.3) is 0 Å². The summed E-state index contributed by atoms with van der Waals surface area (Å²) in [7, 11) is 1.55. The Morgan fingerprint density at radius 3 is 2.94 bits per heavy atom. The number of rotatable bonds is 4. The van der Waals surface area contributed by atoms with Crippen molar-refractivity contribution in [1.82, 2.24) is 5.32 Å². The molecule has 0 bridgehead atoms. The largest absolute Gasteiger partial charge is 0.496 e. The molecule has 1 aliphatic rings. The normalized spacial score (nSPS) is 14.1. The van der Waals surface area contributed by atoms with E-state index >= 15 is 0 Å². The van der Waals surface area contributed by atoms with Crippen molar-refractivity contribution < 1.29 is 9.53 Å². The van der Waals surface area contributed by atoms with Gasteiger partial charge in [-0.3, -0.25) is 9.79 Å². The van der Waals surface area contributed by atoms with E-state index in [1.165, 1.54) is 0 Å². The smallest absolute Gasteiger partial charge is 0.174 e. The zero-order chi connectivity index (χ0) is 13.1. The number of nitrogens with zero attached hydrogens (tertiary/aromatic N) is 1. The molecular formula is C13H15ClN2O2. The van der Waals surface area contributed by atoms with Gasteiger partial charge in [0.1, 0.15) is 11.6 Å². The van der Waals surface area contributed by atoms with Gasteiger partial charge < -0.3 is 10.1 Å². The van der Waals surface area contributed by atoms with Crippen molar-refractivity contribution in [2.75, 3.05) is 20.2 Å². The Morgan fingerprint density at radius 1 is 1.56 bits per heavy atom. The molecule has 0 aromatic heterocycles. The van der Waals surface area contributed by atoms with E-state index in [-0.39, 0.29) is 12.2 Å². The number of halogens is 1. The molecule has 1 N–H and O–H groups in total. The van der Waals surface area contributed by atoms with Crippen LogP contribution >= 0.6 is 11.6 Å². The molecule has 0 amide bonds. The first-order valence-corrected chi connectivity index (χ1v) is 6.14. The summed E-state index contributed by atoms with van der Waals surface area (Å²) in [5.41, 5.74) is 1.39. The molecule has 0 saturated heterocycles. The van der Waals surface area contributed by atoms with Crippen molar-refractivity contribution in [3.8, 4) is 5.75 Å². The van der Waals surface area contributed by atoms with Crippen molar-refractivity contribution in [2.24, 2.45) is 4.99 Å². The SMILES string of the molecule is COc1cc(C)c(Cl)cc1C(=O)CC1=NCCN1. The molecule has 96 valence electrons. The third-order valence-electron chi connectivity index (χ3n) is 2.85. The number of methoxy groups -OCH3 is 1. The number of carbonyl (C=O) groups excluding carboxylic acids is 1. The quantitative estimate of drug-likeness (QED) is 0.851. The fourth-order valence-corrected chi connectivity index (χ4v) is 2.02. The lowest BCUT2D eigenvalue weighted by atomic mass is 10.0. The first-order valence-electron chi connectivity index (χ1n) is 5.76. The molecule has 1 aromatic carbocycles. The number of Topliss-reactive ketones (excluding diaryl/α,β-unsaturated/α-hetero) is 1. The van der Waals surface area contributed by atoms with Crippen LogP contribution in [-0.2, 0) is 0 Å². The van der Waals surface area contributed by atoms with Crippen molar-refractivity contribution in [1.29, 1.82) is 0 Å². The van der Waals surface area contributed by atoms with E-state index in [1.807, 2.05) is 6.92 Å². The van der Waals surface area contributed by atoms with Gasteiger partial charge in [-0.05, 0) is 24.6 Å². The molecular weight excluding hydrogens is 252 g/mol. The van der Waals surface area contributed by atoms with Gasteiger partial charge in [-0.25, -0.2) is 0 Å². The van der Waals surface area contributed by atoms with E-state index < -0.39 is 0 Å². The predicted octanol–water partition coefficient (Wildman–Crippen LogP) is 2.23. The molecule has 0 radical (unpaired) electrons. The summed E-state index contributed by atoms with van der Waals surface area (Å²) < 4.78 is 5.23. The number of carbonyl (C=O) groups is 1. The summed E-state index contributed by atoms with van der Waals surface area (Å²) in [5.74, 6) is 1.25. The van der Waals surface area contributed by atoms with Crippen LogP contribution in [0.15, 0.2) is 17.1 Å². The Balaban J connectivity index is 2.26. The zero-order valence-electron chi connectivity index (χ0n) is 10.4. The van der Waals surface area contributed by atoms with Crippen LogP contribution in [0.5, 0.6) is 5.75 Å². The van der Waals surface area contributed by atoms with Crippen LogP contribution in [0.2, 0.25) is 5.02 Å². The van der Waals surface area contributed by atoms with Crippen molar-refractivity contribution >= 4 is 23.2 Å². The molecule has 0 spiro atoms. The van der Waals surface area contributed by atoms with E-state index in [2.05, 4.69) is 10.3 Å². The van der Waals surface area contributed by atoms with Gasteiger partial charge in [0, 0.05) is 11.6 Å². The molecule has 1 aliphatic heterocycles. The molecule has 4 nitrogen and oxygen atoms in total. The number of ketones is 1. The molecule has 1 heterocycles. The average molecular weight is 267 g/mol. The van der Waals surface area contributed by atoms with E-state index in [0.717, 1.165) is 24.5 Å². The standard InChI is InChI=1S/C13H15ClN2O2/c1-8-5-12(18-2)9(6-10(8)14)11(17)7-13-15-3-4-16-13/h5-6H,3-4,7H2,1-2H3,(H,15,16). The minimum absolute atomic E-state index is 0.0399. The Morgan fingerprint density at radius 2 is 2.33 bits per heavy atom. The third kappa shape index (κ3) is 2.64. The summed E-state index contributed by atoms with van der Waals surface area (Å²) >= 11 is 6.05. The highest BCUT2D eigenvalue weighted by Crippen LogP contribution is 2.27. The van der Waals surface area contributed by atoms with Crippen LogP contribution in [0.1, 0.15) is 22.3 Å². The van der Waals surface area contributed by atoms with Gasteiger partial charge in [-0.1, -0.05) is 11.6 Å². The Bertz CT molecular complexity index is 512. The Hall–Kier alpha value is -1.55. The number of amidine groups is 1. The highest BCUT2D eigenvalue weighted by atomic mass is 35.5. The lowest BCUT2D eigenvalue weighted by molar-refractivity contribution is 0.0997. The molecule has 18 heavy (non-hydrogen) atoms. The van der Waals surface area contributed by atoms with Crippen LogP contribution in [0.4, 0.5) is 0 Å². The van der Waals surface area contributed by atoms with Gasteiger partial charge >= 0.3 is 0 Å². The molecule has 0 unspecified atom stereocenters. The number of nitrogens with one attached hydrogen (secondary N) is 1. The second kappa shape index (κ2) is 5.40. The summed E-state index contributed by atoms with van der Waals surface area (Å²) in [6.45, 7) is 3.41. The molecule has 2 rings (SSSR count). The maximum atomic E-state index is 12.2. The lowest BCUT2D eigenvalue weighted by Crippen LogP contribution is -2.21. The van der Waals surface area contributed by atoms with Crippen molar-refractivity contribution in [2.45, 2.75) is 13.3 Å². The van der Waals surface area contributed by atoms with E-state index in [1.54, 1.807) is 19.2 Å². The van der Waals surface area contributed by atoms with E-state index in [9.17, 15) is 4.79 Å². The maximum absolute atomic E-state index is 12.2. The van der Waals surface area contributed by atoms with Gasteiger partial charge in [-0.15, -0.1) is 0 Å². The average Bonchev–Trinajstić information content (AvgIpc) is 2.84. The number of aryl methyl sites for hydroxylation is 1. The van der Waals surface area contributed by atoms with Crippen LogP contribution in [0.3, 0.4) is 0 Å². The monoisotopic (exact) mass is 266 g/mol. The van der Waals surface area contributed by atoms with Crippen LogP contribution in [0, 0.1) is 6.92 Å². The molecule has 0 fully saturated rings. The number of hydrogen-bond donors (Lipinski definition) is 1. The molecule has 0 aliphatic carbocycles. The van der Waals surface area contributed by atoms with Crippen LogP contribution in [-0.4, -0.2) is 31.8 Å². The highest BCUT2D eigenvalue weighted by Gasteiger charge is 2.17. The maximum Gasteiger partial charge on any atom is 0.174 e. The third-order valence-corrected chi connectivity index (χ3v) is 3.26. The Kier molecular flexibility index (Phi) is 3.87. The summed E-state index contributed by atoms with van der Waals surface area (Å²) in [4.78, 5) is 16.4. The van der Waals surface area contributed by atoms with E-state index in [0.29, 0.717) is 16.3 Å². The number of hydrogen-bond acceptors (Lipinski definition) is 4. The second-order valence-corrected chi connectivity index (χ2v) is 4.56. The highest BCUT2D eigenvalue weighted by molar-refractivity contribution is 6.32. The fraction of sp³-hybridized carbons (Fsp3) is 0.385. The van der Waals surface area contributed by atoms with Gasteiger partial charge in [0.05, 0.1) is 25.6 Å². The van der Waals surface area contributed by atoms with Gasteiger partial charge in [0.2, 0.25) is 0 Å². The first-order chi connectivity index (χ1) is 8.61. The van der Waals surface area contributed by atoms with Gasteiger partial charge in [0.15, 0.2) is 5.78 Å². The Labute approximate surface area is 111 Å². The summed E-state index contributed by atoms with van der Waals surface area (Å²) in [5, 5.41) is 3.65. The topological polar surface area (TPSA) is 50.7 Å². The minimum Gasteiger partial charge on any atom is -0.496 e. The van der Waals surface area contributed by atoms with Gasteiger partial charge in [-0.2, -0.15) is 0 Å². The first kappa shape index (κ1) is 12.9. The summed E-state index contributed by atoms with van der Waals surface area (Å²) in [6.07, 6.45) is 0.260. The molecule has 5 heteroatoms. The number of ether oxygens (including phenoxy) is 1. The summed E-state index contributed by atoms with van der Waals surface area (Å²) in [6, 6.07) is 3.44. The van der Waals surface area contributed by atoms with E-state index in [4.69, 9.17) is 16.3 Å². The van der Waals surface area contributed by atoms with Gasteiger partial charge in [0.25, 0.3) is 0 Å². The molecule has 0 atom stereocenters.